The summed E-state index contributed by atoms with van der Waals surface area (Å²) in [6.07, 6.45) is -3.59. The van der Waals surface area contributed by atoms with Crippen LogP contribution in [0.25, 0.3) is 0 Å². The number of ether oxygens (including phenoxy) is 2. The van der Waals surface area contributed by atoms with Gasteiger partial charge in [0.25, 0.3) is 5.91 Å². The number of rotatable bonds is 6. The number of thioether (sulfide) groups is 1. The van der Waals surface area contributed by atoms with E-state index in [1.807, 2.05) is 41.3 Å². The molecule has 234 valence electrons. The Balaban J connectivity index is 1.22. The number of morpholine rings is 1. The first kappa shape index (κ1) is 30.3. The predicted molar refractivity (Wildman–Crippen MR) is 154 cm³/mol. The smallest absolute Gasteiger partial charge is 0.426 e. The summed E-state index contributed by atoms with van der Waals surface area (Å²) in [6.45, 7) is 4.49. The molecule has 0 bridgehead atoms. The minimum Gasteiger partial charge on any atom is -0.426 e. The summed E-state index contributed by atoms with van der Waals surface area (Å²) < 4.78 is 51.0. The first-order valence-corrected chi connectivity index (χ1v) is 15.1. The molecule has 2 N–H and O–H groups in total. The molecule has 0 spiro atoms. The summed E-state index contributed by atoms with van der Waals surface area (Å²) in [5, 5.41) is 7.23. The van der Waals surface area contributed by atoms with Crippen LogP contribution in [0.15, 0.2) is 53.1 Å². The van der Waals surface area contributed by atoms with Crippen molar-refractivity contribution in [3.63, 3.8) is 0 Å². The maximum atomic E-state index is 13.3. The molecular weight excluding hydrogens is 601 g/mol. The van der Waals surface area contributed by atoms with Crippen molar-refractivity contribution in [1.29, 1.82) is 0 Å². The van der Waals surface area contributed by atoms with Crippen molar-refractivity contribution in [3.8, 4) is 5.75 Å². The molecule has 0 aliphatic carbocycles. The lowest BCUT2D eigenvalue weighted by Crippen LogP contribution is -2.56. The standard InChI is InChI=1S/C30H31F3N4O6S/c1-29(2)15-22-25(26(39)35-29)44-28(37(22)43-27(40)30(31,32)33)36-10-11-41-16-21(36)13-17-4-3-5-19(12-17)34-20-7-8-23-18(14-20)6-9-24(38)42-23/h3-5,7-8,12,14,21,28,34H,6,9-11,13,15-16H2,1-2H3,(H,35,39). The van der Waals surface area contributed by atoms with Crippen LogP contribution in [0.5, 0.6) is 5.75 Å². The Morgan fingerprint density at radius 1 is 1.16 bits per heavy atom. The van der Waals surface area contributed by atoms with E-state index in [-0.39, 0.29) is 29.0 Å². The highest BCUT2D eigenvalue weighted by Gasteiger charge is 2.51. The number of fused-ring (bicyclic) bond motifs is 1. The van der Waals surface area contributed by atoms with Gasteiger partial charge in [-0.3, -0.25) is 14.5 Å². The molecule has 2 unspecified atom stereocenters. The number of amides is 1. The van der Waals surface area contributed by atoms with Gasteiger partial charge in [0.15, 0.2) is 5.50 Å². The highest BCUT2D eigenvalue weighted by Crippen LogP contribution is 2.46. The fourth-order valence-corrected chi connectivity index (χ4v) is 7.13. The Bertz CT molecular complexity index is 1530. The molecule has 4 aliphatic heterocycles. The van der Waals surface area contributed by atoms with Gasteiger partial charge in [0.2, 0.25) is 0 Å². The van der Waals surface area contributed by atoms with Gasteiger partial charge in [-0.2, -0.15) is 18.2 Å². The predicted octanol–water partition coefficient (Wildman–Crippen LogP) is 4.39. The maximum absolute atomic E-state index is 13.3. The normalized spacial score (nSPS) is 23.4. The van der Waals surface area contributed by atoms with Crippen LogP contribution >= 0.6 is 11.8 Å². The average molecular weight is 633 g/mol. The van der Waals surface area contributed by atoms with Crippen molar-refractivity contribution in [3.05, 3.63) is 64.2 Å². The average Bonchev–Trinajstić information content (AvgIpc) is 3.30. The monoisotopic (exact) mass is 632 g/mol. The quantitative estimate of drug-likeness (QED) is 0.352. The fourth-order valence-electron chi connectivity index (χ4n) is 5.78. The van der Waals surface area contributed by atoms with E-state index in [4.69, 9.17) is 14.3 Å². The number of carbonyl (C=O) groups excluding carboxylic acids is 3. The zero-order valence-electron chi connectivity index (χ0n) is 24.0. The zero-order valence-corrected chi connectivity index (χ0v) is 24.8. The van der Waals surface area contributed by atoms with Gasteiger partial charge in [-0.25, -0.2) is 4.79 Å². The van der Waals surface area contributed by atoms with Crippen LogP contribution in [-0.2, 0) is 36.8 Å². The first-order chi connectivity index (χ1) is 20.9. The Hall–Kier alpha value is -3.75. The van der Waals surface area contributed by atoms with Crippen LogP contribution in [0.3, 0.4) is 0 Å². The van der Waals surface area contributed by atoms with E-state index in [9.17, 15) is 27.6 Å². The second-order valence-corrected chi connectivity index (χ2v) is 12.8. The summed E-state index contributed by atoms with van der Waals surface area (Å²) in [7, 11) is 0. The third-order valence-corrected chi connectivity index (χ3v) is 9.09. The van der Waals surface area contributed by atoms with Gasteiger partial charge in [-0.05, 0) is 68.1 Å². The highest BCUT2D eigenvalue weighted by molar-refractivity contribution is 8.04. The number of anilines is 2. The van der Waals surface area contributed by atoms with Crippen molar-refractivity contribution < 1.29 is 41.9 Å². The number of alkyl halides is 3. The van der Waals surface area contributed by atoms with Gasteiger partial charge >= 0.3 is 18.1 Å². The minimum absolute atomic E-state index is 0.191. The molecule has 2 aromatic carbocycles. The summed E-state index contributed by atoms with van der Waals surface area (Å²) >= 11 is 1.08. The van der Waals surface area contributed by atoms with E-state index in [1.54, 1.807) is 19.9 Å². The Morgan fingerprint density at radius 3 is 2.75 bits per heavy atom. The lowest BCUT2D eigenvalue weighted by molar-refractivity contribution is -0.243. The van der Waals surface area contributed by atoms with E-state index in [0.717, 1.165) is 39.3 Å². The van der Waals surface area contributed by atoms with E-state index >= 15 is 0 Å². The van der Waals surface area contributed by atoms with Crippen LogP contribution in [0.2, 0.25) is 0 Å². The Kier molecular flexibility index (Phi) is 8.01. The second kappa shape index (κ2) is 11.6. The molecular formula is C30H31F3N4O6S. The van der Waals surface area contributed by atoms with Gasteiger partial charge < -0.3 is 24.9 Å². The van der Waals surface area contributed by atoms with Crippen molar-refractivity contribution in [2.75, 3.05) is 25.1 Å². The lowest BCUT2D eigenvalue weighted by atomic mass is 9.94. The first-order valence-electron chi connectivity index (χ1n) is 14.2. The number of esters is 1. The molecule has 0 saturated carbocycles. The number of nitrogens with one attached hydrogen (secondary N) is 2. The molecule has 2 aromatic rings. The second-order valence-electron chi connectivity index (χ2n) is 11.7. The topological polar surface area (TPSA) is 109 Å². The number of aryl methyl sites for hydroxylation is 1. The molecule has 2 atom stereocenters. The number of benzene rings is 2. The molecule has 1 saturated heterocycles. The molecule has 4 heterocycles. The largest absolute Gasteiger partial charge is 0.493 e. The van der Waals surface area contributed by atoms with Gasteiger partial charge in [-0.1, -0.05) is 23.9 Å². The summed E-state index contributed by atoms with van der Waals surface area (Å²) in [5.41, 5.74) is 2.18. The van der Waals surface area contributed by atoms with Gasteiger partial charge in [0.05, 0.1) is 30.2 Å². The minimum atomic E-state index is -5.20. The number of carbonyl (C=O) groups is 3. The molecule has 44 heavy (non-hydrogen) atoms. The summed E-state index contributed by atoms with van der Waals surface area (Å²) in [6, 6.07) is 13.0. The van der Waals surface area contributed by atoms with Crippen LogP contribution in [0.4, 0.5) is 24.5 Å². The summed E-state index contributed by atoms with van der Waals surface area (Å²) in [5.74, 6) is -2.44. The van der Waals surface area contributed by atoms with E-state index in [2.05, 4.69) is 10.6 Å². The van der Waals surface area contributed by atoms with Crippen LogP contribution in [0, 0.1) is 0 Å². The zero-order chi connectivity index (χ0) is 31.2. The lowest BCUT2D eigenvalue weighted by Gasteiger charge is -2.42. The number of nitrogens with zero attached hydrogens (tertiary/aromatic N) is 2. The highest BCUT2D eigenvalue weighted by atomic mass is 32.2. The Morgan fingerprint density at radius 2 is 1.95 bits per heavy atom. The number of hydrogen-bond donors (Lipinski definition) is 2. The van der Waals surface area contributed by atoms with Gasteiger partial charge in [0.1, 0.15) is 5.75 Å². The third kappa shape index (κ3) is 6.37. The Labute approximate surface area is 255 Å². The van der Waals surface area contributed by atoms with E-state index in [1.165, 1.54) is 0 Å². The van der Waals surface area contributed by atoms with Crippen molar-refractivity contribution in [2.45, 2.75) is 62.8 Å². The molecule has 0 radical (unpaired) electrons. The number of halogens is 3. The third-order valence-electron chi connectivity index (χ3n) is 7.76. The molecule has 1 amide bonds. The van der Waals surface area contributed by atoms with Crippen LogP contribution in [-0.4, -0.2) is 70.8 Å². The van der Waals surface area contributed by atoms with Crippen molar-refractivity contribution in [2.24, 2.45) is 0 Å². The van der Waals surface area contributed by atoms with Crippen LogP contribution < -0.4 is 15.4 Å². The maximum Gasteiger partial charge on any atom is 0.493 e. The van der Waals surface area contributed by atoms with Gasteiger partial charge in [-0.15, -0.1) is 0 Å². The van der Waals surface area contributed by atoms with Gasteiger partial charge in [0, 0.05) is 35.9 Å². The van der Waals surface area contributed by atoms with E-state index in [0.29, 0.717) is 44.8 Å². The molecule has 6 rings (SSSR count). The molecule has 10 nitrogen and oxygen atoms in total. The number of hydrogen-bond acceptors (Lipinski definition) is 10. The molecule has 4 aliphatic rings. The molecule has 0 aromatic heterocycles. The van der Waals surface area contributed by atoms with Crippen LogP contribution in [0.1, 0.15) is 37.8 Å². The van der Waals surface area contributed by atoms with E-state index < -0.39 is 29.1 Å². The molecule has 14 heteroatoms. The fraction of sp³-hybridized carbons (Fsp3) is 0.433. The van der Waals surface area contributed by atoms with Crippen molar-refractivity contribution >= 4 is 41.0 Å². The summed E-state index contributed by atoms with van der Waals surface area (Å²) in [4.78, 5) is 43.7. The molecule has 1 fully saturated rings. The van der Waals surface area contributed by atoms with Crippen molar-refractivity contribution in [1.82, 2.24) is 15.3 Å². The number of hydroxylamine groups is 2. The SMILES string of the molecule is CC1(C)CC2=C(SC(N3CCOCC3Cc3cccc(Nc4ccc5c(c4)CCC(=O)O5)c3)N2OC(=O)C(F)(F)F)C(=O)N1.